The Balaban J connectivity index is 1.48. The van der Waals surface area contributed by atoms with Crippen molar-refractivity contribution in [1.82, 2.24) is 15.2 Å². The maximum Gasteiger partial charge on any atom is 0.226 e. The Morgan fingerprint density at radius 1 is 1.30 bits per heavy atom. The number of nitrogens with zero attached hydrogens (tertiary/aromatic N) is 2. The van der Waals surface area contributed by atoms with E-state index in [0.29, 0.717) is 5.56 Å². The van der Waals surface area contributed by atoms with E-state index in [2.05, 4.69) is 15.2 Å². The van der Waals surface area contributed by atoms with Crippen LogP contribution in [0, 0.1) is 5.82 Å². The summed E-state index contributed by atoms with van der Waals surface area (Å²) >= 11 is 1.60. The molecule has 6 heteroatoms. The van der Waals surface area contributed by atoms with E-state index >= 15 is 0 Å². The second-order valence-corrected chi connectivity index (χ2v) is 6.70. The summed E-state index contributed by atoms with van der Waals surface area (Å²) in [7, 11) is 0. The maximum absolute atomic E-state index is 13.5. The average molecular weight is 333 g/mol. The number of carbonyl (C=O) groups excluding carboxylic acids is 1. The topological polar surface area (TPSA) is 45.2 Å². The van der Waals surface area contributed by atoms with Crippen LogP contribution < -0.4 is 5.32 Å². The van der Waals surface area contributed by atoms with Crippen molar-refractivity contribution in [2.75, 3.05) is 13.1 Å². The van der Waals surface area contributed by atoms with Crippen LogP contribution in [0.2, 0.25) is 0 Å². The van der Waals surface area contributed by atoms with Crippen molar-refractivity contribution in [1.29, 1.82) is 0 Å². The fourth-order valence-corrected chi connectivity index (χ4v) is 3.53. The van der Waals surface area contributed by atoms with Gasteiger partial charge in [-0.3, -0.25) is 9.69 Å². The molecule has 0 spiro atoms. The zero-order valence-electron chi connectivity index (χ0n) is 12.9. The molecule has 1 aliphatic heterocycles. The third-order valence-electron chi connectivity index (χ3n) is 3.93. The van der Waals surface area contributed by atoms with Gasteiger partial charge in [0, 0.05) is 17.5 Å². The molecule has 1 aliphatic rings. The largest absolute Gasteiger partial charge is 0.352 e. The van der Waals surface area contributed by atoms with Crippen molar-refractivity contribution in [3.8, 4) is 0 Å². The standard InChI is InChI=1S/C17H20FN3OS/c18-15-6-2-1-5-13(15)10-19-16(22)9-14-12-23-17(20-14)11-21-7-3-4-8-21/h1-2,5-6,12H,3-4,7-11H2,(H,19,22). The molecule has 0 atom stereocenters. The summed E-state index contributed by atoms with van der Waals surface area (Å²) in [6, 6.07) is 6.46. The summed E-state index contributed by atoms with van der Waals surface area (Å²) in [6.45, 7) is 3.36. The van der Waals surface area contributed by atoms with Gasteiger partial charge in [-0.1, -0.05) is 18.2 Å². The Hall–Kier alpha value is -1.79. The van der Waals surface area contributed by atoms with E-state index in [1.807, 2.05) is 5.38 Å². The average Bonchev–Trinajstić information content (AvgIpc) is 3.19. The number of rotatable bonds is 6. The third-order valence-corrected chi connectivity index (χ3v) is 4.81. The van der Waals surface area contributed by atoms with E-state index in [1.54, 1.807) is 29.5 Å². The van der Waals surface area contributed by atoms with Gasteiger partial charge in [-0.2, -0.15) is 0 Å². The van der Waals surface area contributed by atoms with Crippen LogP contribution >= 0.6 is 11.3 Å². The van der Waals surface area contributed by atoms with Gasteiger partial charge in [0.1, 0.15) is 10.8 Å². The van der Waals surface area contributed by atoms with Crippen LogP contribution in [0.1, 0.15) is 29.1 Å². The second kappa shape index (κ2) is 7.66. The molecule has 0 bridgehead atoms. The number of amides is 1. The summed E-state index contributed by atoms with van der Waals surface area (Å²) in [4.78, 5) is 18.9. The van der Waals surface area contributed by atoms with Crippen LogP contribution in [0.3, 0.4) is 0 Å². The minimum atomic E-state index is -0.297. The molecule has 2 heterocycles. The molecule has 3 rings (SSSR count). The van der Waals surface area contributed by atoms with Crippen LogP contribution in [-0.4, -0.2) is 28.9 Å². The first-order valence-electron chi connectivity index (χ1n) is 7.86. The van der Waals surface area contributed by atoms with E-state index in [-0.39, 0.29) is 24.7 Å². The first-order chi connectivity index (χ1) is 11.2. The molecular formula is C17H20FN3OS. The molecule has 23 heavy (non-hydrogen) atoms. The van der Waals surface area contributed by atoms with Gasteiger partial charge in [0.05, 0.1) is 18.7 Å². The Labute approximate surface area is 139 Å². The zero-order valence-corrected chi connectivity index (χ0v) is 13.7. The van der Waals surface area contributed by atoms with E-state index in [4.69, 9.17) is 0 Å². The highest BCUT2D eigenvalue weighted by Gasteiger charge is 2.14. The summed E-state index contributed by atoms with van der Waals surface area (Å²) < 4.78 is 13.5. The lowest BCUT2D eigenvalue weighted by atomic mass is 10.2. The van der Waals surface area contributed by atoms with Crippen molar-refractivity contribution in [2.24, 2.45) is 0 Å². The molecule has 0 radical (unpaired) electrons. The van der Waals surface area contributed by atoms with E-state index in [0.717, 1.165) is 30.3 Å². The number of carbonyl (C=O) groups is 1. The number of thiazole rings is 1. The molecule has 2 aromatic rings. The molecule has 1 fully saturated rings. The number of likely N-dealkylation sites (tertiary alicyclic amines) is 1. The Morgan fingerprint density at radius 3 is 2.87 bits per heavy atom. The second-order valence-electron chi connectivity index (χ2n) is 5.76. The molecule has 1 N–H and O–H groups in total. The predicted octanol–water partition coefficient (Wildman–Crippen LogP) is 2.74. The minimum Gasteiger partial charge on any atom is -0.352 e. The summed E-state index contributed by atoms with van der Waals surface area (Å²) in [5, 5.41) is 5.74. The molecule has 0 unspecified atom stereocenters. The number of benzene rings is 1. The predicted molar refractivity (Wildman–Crippen MR) is 88.6 cm³/mol. The summed E-state index contributed by atoms with van der Waals surface area (Å²) in [5.74, 6) is -0.430. The molecule has 1 saturated heterocycles. The van der Waals surface area contributed by atoms with Gasteiger partial charge < -0.3 is 5.32 Å². The molecule has 122 valence electrons. The van der Waals surface area contributed by atoms with Crippen molar-refractivity contribution >= 4 is 17.2 Å². The fraction of sp³-hybridized carbons (Fsp3) is 0.412. The summed E-state index contributed by atoms with van der Waals surface area (Å²) in [6.07, 6.45) is 2.76. The van der Waals surface area contributed by atoms with Crippen LogP contribution in [0.25, 0.3) is 0 Å². The Morgan fingerprint density at radius 2 is 2.09 bits per heavy atom. The lowest BCUT2D eigenvalue weighted by Gasteiger charge is -2.11. The number of halogens is 1. The molecule has 0 aliphatic carbocycles. The van der Waals surface area contributed by atoms with Gasteiger partial charge >= 0.3 is 0 Å². The molecule has 4 nitrogen and oxygen atoms in total. The van der Waals surface area contributed by atoms with Gasteiger partial charge in [-0.05, 0) is 32.0 Å². The minimum absolute atomic E-state index is 0.133. The normalized spacial score (nSPS) is 15.0. The van der Waals surface area contributed by atoms with Gasteiger partial charge in [-0.25, -0.2) is 9.37 Å². The first kappa shape index (κ1) is 16.1. The van der Waals surface area contributed by atoms with Crippen molar-refractivity contribution < 1.29 is 9.18 Å². The number of aromatic nitrogens is 1. The quantitative estimate of drug-likeness (QED) is 0.884. The molecule has 1 aromatic heterocycles. The fourth-order valence-electron chi connectivity index (χ4n) is 2.70. The molecular weight excluding hydrogens is 313 g/mol. The third kappa shape index (κ3) is 4.59. The van der Waals surface area contributed by atoms with Crippen molar-refractivity contribution in [2.45, 2.75) is 32.4 Å². The highest BCUT2D eigenvalue weighted by atomic mass is 32.1. The van der Waals surface area contributed by atoms with E-state index in [9.17, 15) is 9.18 Å². The highest BCUT2D eigenvalue weighted by Crippen LogP contribution is 2.16. The lowest BCUT2D eigenvalue weighted by Crippen LogP contribution is -2.25. The number of hydrogen-bond acceptors (Lipinski definition) is 4. The van der Waals surface area contributed by atoms with Crippen LogP contribution in [0.15, 0.2) is 29.6 Å². The van der Waals surface area contributed by atoms with E-state index < -0.39 is 0 Å². The SMILES string of the molecule is O=C(Cc1csc(CN2CCCC2)n1)NCc1ccccc1F. The van der Waals surface area contributed by atoms with Gasteiger partial charge in [0.2, 0.25) is 5.91 Å². The van der Waals surface area contributed by atoms with Gasteiger partial charge in [0.25, 0.3) is 0 Å². The zero-order chi connectivity index (χ0) is 16.1. The smallest absolute Gasteiger partial charge is 0.226 e. The van der Waals surface area contributed by atoms with Gasteiger partial charge in [-0.15, -0.1) is 11.3 Å². The van der Waals surface area contributed by atoms with Crippen molar-refractivity contribution in [3.05, 3.63) is 51.7 Å². The van der Waals surface area contributed by atoms with Crippen LogP contribution in [0.4, 0.5) is 4.39 Å². The monoisotopic (exact) mass is 333 g/mol. The van der Waals surface area contributed by atoms with E-state index in [1.165, 1.54) is 18.9 Å². The highest BCUT2D eigenvalue weighted by molar-refractivity contribution is 7.09. The first-order valence-corrected chi connectivity index (χ1v) is 8.74. The Bertz CT molecular complexity index is 667. The summed E-state index contributed by atoms with van der Waals surface area (Å²) in [5.41, 5.74) is 1.28. The Kier molecular flexibility index (Phi) is 5.35. The van der Waals surface area contributed by atoms with Gasteiger partial charge in [0.15, 0.2) is 0 Å². The number of hydrogen-bond donors (Lipinski definition) is 1. The van der Waals surface area contributed by atoms with Crippen LogP contribution in [-0.2, 0) is 24.3 Å². The molecule has 1 amide bonds. The number of nitrogens with one attached hydrogen (secondary N) is 1. The van der Waals surface area contributed by atoms with Crippen molar-refractivity contribution in [3.63, 3.8) is 0 Å². The molecule has 0 saturated carbocycles. The van der Waals surface area contributed by atoms with Crippen LogP contribution in [0.5, 0.6) is 0 Å². The maximum atomic E-state index is 13.5. The molecule has 1 aromatic carbocycles. The lowest BCUT2D eigenvalue weighted by molar-refractivity contribution is -0.120.